The number of benzene rings is 5. The predicted octanol–water partition coefficient (Wildman–Crippen LogP) is 8.28. The summed E-state index contributed by atoms with van der Waals surface area (Å²) in [5.41, 5.74) is 0. The fourth-order valence-electron chi connectivity index (χ4n) is 4.18. The summed E-state index contributed by atoms with van der Waals surface area (Å²) < 4.78 is 3.85. The van der Waals surface area contributed by atoms with E-state index in [9.17, 15) is 0 Å². The van der Waals surface area contributed by atoms with E-state index >= 15 is 0 Å². The van der Waals surface area contributed by atoms with Gasteiger partial charge in [-0.25, -0.2) is 0 Å². The molecule has 0 radical (unpaired) electrons. The van der Waals surface area contributed by atoms with Gasteiger partial charge in [-0.2, -0.15) is 0 Å². The van der Waals surface area contributed by atoms with Crippen molar-refractivity contribution >= 4 is 79.8 Å². The van der Waals surface area contributed by atoms with E-state index in [2.05, 4.69) is 94.8 Å². The third-order valence-corrected chi connectivity index (χ3v) is 7.08. The normalized spacial score (nSPS) is 12.0. The number of hydrogen-bond acceptors (Lipinski definition) is 1. The molecule has 2 heteroatoms. The molecular formula is C24H13BrS. The summed E-state index contributed by atoms with van der Waals surface area (Å²) >= 11 is 5.68. The van der Waals surface area contributed by atoms with E-state index < -0.39 is 0 Å². The molecule has 0 N–H and O–H groups in total. The fraction of sp³-hybridized carbons (Fsp3) is 0. The van der Waals surface area contributed by atoms with Crippen molar-refractivity contribution in [1.29, 1.82) is 0 Å². The van der Waals surface area contributed by atoms with Gasteiger partial charge >= 0.3 is 0 Å². The largest absolute Gasteiger partial charge is 0.135 e. The number of rotatable bonds is 0. The SMILES string of the molecule is Brc1cccc2sc3ccc4ccc5ccc6ccccc6c5c4c3c12. The van der Waals surface area contributed by atoms with Gasteiger partial charge in [0.15, 0.2) is 0 Å². The Labute approximate surface area is 162 Å². The van der Waals surface area contributed by atoms with Crippen LogP contribution in [-0.2, 0) is 0 Å². The molecule has 0 atom stereocenters. The van der Waals surface area contributed by atoms with Gasteiger partial charge in [0.1, 0.15) is 0 Å². The first-order chi connectivity index (χ1) is 12.8. The lowest BCUT2D eigenvalue weighted by atomic mass is 9.94. The molecule has 0 aliphatic rings. The Kier molecular flexibility index (Phi) is 3.00. The van der Waals surface area contributed by atoms with Crippen LogP contribution in [0, 0.1) is 0 Å². The fourth-order valence-corrected chi connectivity index (χ4v) is 6.01. The molecule has 1 aromatic heterocycles. The molecule has 6 rings (SSSR count). The zero-order valence-electron chi connectivity index (χ0n) is 13.8. The molecule has 0 bridgehead atoms. The van der Waals surface area contributed by atoms with Crippen molar-refractivity contribution in [2.24, 2.45) is 0 Å². The van der Waals surface area contributed by atoms with Crippen LogP contribution >= 0.6 is 27.3 Å². The van der Waals surface area contributed by atoms with Gasteiger partial charge in [0.05, 0.1) is 0 Å². The first kappa shape index (κ1) is 14.7. The maximum Gasteiger partial charge on any atom is 0.0366 e. The standard InChI is InChI=1S/C24H13BrS/c25-18-6-3-7-19-23(18)24-20(26-19)13-12-16-11-10-15-9-8-14-4-1-2-5-17(14)21(15)22(16)24/h1-13H. The summed E-state index contributed by atoms with van der Waals surface area (Å²) in [7, 11) is 0. The molecule has 1 heterocycles. The van der Waals surface area contributed by atoms with Gasteiger partial charge in [0.25, 0.3) is 0 Å². The second kappa shape index (κ2) is 5.29. The Morgan fingerprint density at radius 3 is 2.08 bits per heavy atom. The minimum absolute atomic E-state index is 1.17. The summed E-state index contributed by atoms with van der Waals surface area (Å²) in [5.74, 6) is 0. The average molecular weight is 413 g/mol. The highest BCUT2D eigenvalue weighted by Crippen LogP contribution is 2.44. The first-order valence-electron chi connectivity index (χ1n) is 8.65. The Bertz CT molecular complexity index is 1490. The van der Waals surface area contributed by atoms with Crippen molar-refractivity contribution in [3.8, 4) is 0 Å². The second-order valence-corrected chi connectivity index (χ2v) is 8.64. The lowest BCUT2D eigenvalue weighted by Gasteiger charge is -2.10. The van der Waals surface area contributed by atoms with E-state index in [0.717, 1.165) is 0 Å². The molecule has 5 aromatic carbocycles. The second-order valence-electron chi connectivity index (χ2n) is 6.70. The molecule has 0 aliphatic carbocycles. The van der Waals surface area contributed by atoms with Crippen molar-refractivity contribution in [2.45, 2.75) is 0 Å². The quantitative estimate of drug-likeness (QED) is 0.220. The van der Waals surface area contributed by atoms with E-state index in [0.29, 0.717) is 0 Å². The van der Waals surface area contributed by atoms with Crippen molar-refractivity contribution in [3.63, 3.8) is 0 Å². The molecule has 0 saturated heterocycles. The van der Waals surface area contributed by atoms with E-state index in [1.165, 1.54) is 57.0 Å². The van der Waals surface area contributed by atoms with E-state index in [1.54, 1.807) is 0 Å². The zero-order valence-corrected chi connectivity index (χ0v) is 16.2. The lowest BCUT2D eigenvalue weighted by Crippen LogP contribution is -1.82. The monoisotopic (exact) mass is 412 g/mol. The summed E-state index contributed by atoms with van der Waals surface area (Å²) in [5, 5.41) is 10.7. The lowest BCUT2D eigenvalue weighted by molar-refractivity contribution is 1.79. The van der Waals surface area contributed by atoms with Crippen LogP contribution < -0.4 is 0 Å². The van der Waals surface area contributed by atoms with Gasteiger partial charge < -0.3 is 0 Å². The smallest absolute Gasteiger partial charge is 0.0366 e. The summed E-state index contributed by atoms with van der Waals surface area (Å²) in [6.45, 7) is 0. The molecule has 0 amide bonds. The first-order valence-corrected chi connectivity index (χ1v) is 10.3. The van der Waals surface area contributed by atoms with Crippen LogP contribution in [-0.4, -0.2) is 0 Å². The molecule has 122 valence electrons. The van der Waals surface area contributed by atoms with Crippen LogP contribution in [0.2, 0.25) is 0 Å². The van der Waals surface area contributed by atoms with Gasteiger partial charge in [-0.3, -0.25) is 0 Å². The van der Waals surface area contributed by atoms with Gasteiger partial charge in [-0.05, 0) is 50.5 Å². The minimum atomic E-state index is 1.17. The number of thiophene rings is 1. The van der Waals surface area contributed by atoms with Gasteiger partial charge in [0.2, 0.25) is 0 Å². The summed E-state index contributed by atoms with van der Waals surface area (Å²) in [4.78, 5) is 0. The third-order valence-electron chi connectivity index (χ3n) is 5.30. The van der Waals surface area contributed by atoms with Crippen LogP contribution in [0.15, 0.2) is 83.3 Å². The molecule has 0 spiro atoms. The molecule has 0 fully saturated rings. The highest BCUT2D eigenvalue weighted by Gasteiger charge is 2.14. The topological polar surface area (TPSA) is 0 Å². The maximum atomic E-state index is 3.80. The van der Waals surface area contributed by atoms with E-state index in [1.807, 2.05) is 11.3 Å². The van der Waals surface area contributed by atoms with Crippen LogP contribution in [0.4, 0.5) is 0 Å². The molecule has 0 saturated carbocycles. The zero-order chi connectivity index (χ0) is 17.3. The molecule has 26 heavy (non-hydrogen) atoms. The average Bonchev–Trinajstić information content (AvgIpc) is 3.07. The molecular weight excluding hydrogens is 400 g/mol. The molecule has 0 nitrogen and oxygen atoms in total. The number of fused-ring (bicyclic) bond motifs is 9. The van der Waals surface area contributed by atoms with Crippen LogP contribution in [0.1, 0.15) is 0 Å². The Hall–Kier alpha value is -2.42. The maximum absolute atomic E-state index is 3.80. The van der Waals surface area contributed by atoms with Crippen molar-refractivity contribution < 1.29 is 0 Å². The van der Waals surface area contributed by atoms with Crippen LogP contribution in [0.3, 0.4) is 0 Å². The van der Waals surface area contributed by atoms with Crippen molar-refractivity contribution in [3.05, 3.63) is 83.3 Å². The number of halogens is 1. The van der Waals surface area contributed by atoms with Crippen molar-refractivity contribution in [2.75, 3.05) is 0 Å². The third kappa shape index (κ3) is 1.89. The molecule has 0 unspecified atom stereocenters. The number of hydrogen-bond donors (Lipinski definition) is 0. The highest BCUT2D eigenvalue weighted by molar-refractivity contribution is 9.10. The minimum Gasteiger partial charge on any atom is -0.135 e. The van der Waals surface area contributed by atoms with E-state index in [4.69, 9.17) is 0 Å². The Morgan fingerprint density at radius 2 is 1.19 bits per heavy atom. The van der Waals surface area contributed by atoms with Gasteiger partial charge in [-0.1, -0.05) is 76.6 Å². The Morgan fingerprint density at radius 1 is 0.500 bits per heavy atom. The van der Waals surface area contributed by atoms with E-state index in [-0.39, 0.29) is 0 Å². The van der Waals surface area contributed by atoms with Gasteiger partial charge in [0, 0.05) is 24.6 Å². The van der Waals surface area contributed by atoms with Crippen LogP contribution in [0.5, 0.6) is 0 Å². The predicted molar refractivity (Wildman–Crippen MR) is 120 cm³/mol. The highest BCUT2D eigenvalue weighted by atomic mass is 79.9. The van der Waals surface area contributed by atoms with Gasteiger partial charge in [-0.15, -0.1) is 11.3 Å². The van der Waals surface area contributed by atoms with Crippen LogP contribution in [0.25, 0.3) is 52.5 Å². The summed E-state index contributed by atoms with van der Waals surface area (Å²) in [6, 6.07) is 28.7. The van der Waals surface area contributed by atoms with Crippen molar-refractivity contribution in [1.82, 2.24) is 0 Å². The molecule has 6 aromatic rings. The summed E-state index contributed by atoms with van der Waals surface area (Å²) in [6.07, 6.45) is 0. The molecule has 0 aliphatic heterocycles. The Balaban J connectivity index is 2.03.